The number of nitrogens with zero attached hydrogens (tertiary/aromatic N) is 3. The summed E-state index contributed by atoms with van der Waals surface area (Å²) >= 11 is 0. The van der Waals surface area contributed by atoms with E-state index in [0.717, 1.165) is 16.8 Å². The predicted molar refractivity (Wildman–Crippen MR) is 67.6 cm³/mol. The molecular formula is C13H17FN4. The number of nitrogens with one attached hydrogen (secondary N) is 1. The van der Waals surface area contributed by atoms with Crippen LogP contribution in [0.2, 0.25) is 0 Å². The molecule has 1 heterocycles. The van der Waals surface area contributed by atoms with Crippen molar-refractivity contribution >= 4 is 0 Å². The van der Waals surface area contributed by atoms with Crippen LogP contribution in [-0.4, -0.2) is 22.0 Å². The molecule has 1 aromatic carbocycles. The lowest BCUT2D eigenvalue weighted by Gasteiger charge is -2.17. The molecule has 96 valence electrons. The number of benzene rings is 1. The Labute approximate surface area is 106 Å². The fourth-order valence-corrected chi connectivity index (χ4v) is 2.05. The van der Waals surface area contributed by atoms with Gasteiger partial charge in [0.1, 0.15) is 5.82 Å². The van der Waals surface area contributed by atoms with E-state index in [4.69, 9.17) is 0 Å². The van der Waals surface area contributed by atoms with E-state index < -0.39 is 0 Å². The lowest BCUT2D eigenvalue weighted by Crippen LogP contribution is -2.20. The number of hydrogen-bond donors (Lipinski definition) is 1. The molecular weight excluding hydrogens is 231 g/mol. The third kappa shape index (κ3) is 2.73. The molecule has 4 nitrogen and oxygen atoms in total. The predicted octanol–water partition coefficient (Wildman–Crippen LogP) is 1.77. The largest absolute Gasteiger partial charge is 0.313 e. The van der Waals surface area contributed by atoms with Gasteiger partial charge in [0.25, 0.3) is 0 Å². The molecule has 2 rings (SSSR count). The van der Waals surface area contributed by atoms with E-state index in [0.29, 0.717) is 6.42 Å². The second-order valence-electron chi connectivity index (χ2n) is 4.43. The van der Waals surface area contributed by atoms with Gasteiger partial charge in [0.05, 0.1) is 5.69 Å². The highest BCUT2D eigenvalue weighted by molar-refractivity contribution is 5.30. The summed E-state index contributed by atoms with van der Waals surface area (Å²) in [6.07, 6.45) is 2.56. The van der Waals surface area contributed by atoms with Crippen LogP contribution in [0.3, 0.4) is 0 Å². The Kier molecular flexibility index (Phi) is 3.72. The smallest absolute Gasteiger partial charge is 0.123 e. The monoisotopic (exact) mass is 248 g/mol. The van der Waals surface area contributed by atoms with E-state index in [9.17, 15) is 4.39 Å². The first-order valence-electron chi connectivity index (χ1n) is 5.88. The van der Waals surface area contributed by atoms with Crippen LogP contribution in [0.25, 0.3) is 0 Å². The Morgan fingerprint density at radius 2 is 2.22 bits per heavy atom. The highest BCUT2D eigenvalue weighted by atomic mass is 19.1. The van der Waals surface area contributed by atoms with Gasteiger partial charge in [0.15, 0.2) is 0 Å². The van der Waals surface area contributed by atoms with Crippen molar-refractivity contribution in [2.75, 3.05) is 7.05 Å². The summed E-state index contributed by atoms with van der Waals surface area (Å²) in [6.45, 7) is 1.98. The Morgan fingerprint density at radius 1 is 1.44 bits per heavy atom. The number of likely N-dealkylation sites (N-methyl/N-ethyl adjacent to an activating group) is 1. The molecule has 0 spiro atoms. The molecule has 5 heteroatoms. The van der Waals surface area contributed by atoms with Crippen LogP contribution in [0.1, 0.15) is 22.9 Å². The van der Waals surface area contributed by atoms with Gasteiger partial charge in [-0.3, -0.25) is 4.68 Å². The number of aromatic nitrogens is 3. The van der Waals surface area contributed by atoms with Gasteiger partial charge in [0, 0.05) is 25.7 Å². The second kappa shape index (κ2) is 5.27. The second-order valence-corrected chi connectivity index (χ2v) is 4.43. The van der Waals surface area contributed by atoms with Crippen LogP contribution in [0.5, 0.6) is 0 Å². The molecule has 0 amide bonds. The summed E-state index contributed by atoms with van der Waals surface area (Å²) in [6, 6.07) is 4.89. The molecule has 1 N–H and O–H groups in total. The van der Waals surface area contributed by atoms with Crippen molar-refractivity contribution in [3.05, 3.63) is 47.0 Å². The van der Waals surface area contributed by atoms with Crippen LogP contribution in [0, 0.1) is 12.7 Å². The van der Waals surface area contributed by atoms with Crippen LogP contribution in [0.4, 0.5) is 4.39 Å². The summed E-state index contributed by atoms with van der Waals surface area (Å²) in [4.78, 5) is 0. The van der Waals surface area contributed by atoms with E-state index in [1.54, 1.807) is 16.8 Å². The van der Waals surface area contributed by atoms with Gasteiger partial charge in [0.2, 0.25) is 0 Å². The molecule has 1 unspecified atom stereocenters. The first-order valence-corrected chi connectivity index (χ1v) is 5.88. The Hall–Kier alpha value is -1.75. The topological polar surface area (TPSA) is 42.7 Å². The van der Waals surface area contributed by atoms with Gasteiger partial charge in [-0.05, 0) is 37.2 Å². The summed E-state index contributed by atoms with van der Waals surface area (Å²) in [5, 5.41) is 11.2. The molecule has 1 aromatic heterocycles. The van der Waals surface area contributed by atoms with Crippen molar-refractivity contribution in [3.8, 4) is 0 Å². The Balaban J connectivity index is 2.25. The normalized spacial score (nSPS) is 12.7. The zero-order chi connectivity index (χ0) is 13.1. The van der Waals surface area contributed by atoms with Crippen LogP contribution in [-0.2, 0) is 13.5 Å². The van der Waals surface area contributed by atoms with E-state index in [-0.39, 0.29) is 11.9 Å². The maximum atomic E-state index is 13.3. The van der Waals surface area contributed by atoms with Crippen LogP contribution < -0.4 is 5.32 Å². The van der Waals surface area contributed by atoms with Crippen molar-refractivity contribution in [2.45, 2.75) is 19.4 Å². The molecule has 0 aliphatic carbocycles. The van der Waals surface area contributed by atoms with Crippen molar-refractivity contribution in [3.63, 3.8) is 0 Å². The minimum absolute atomic E-state index is 0.0393. The lowest BCUT2D eigenvalue weighted by molar-refractivity contribution is 0.568. The molecule has 0 saturated carbocycles. The molecule has 0 fully saturated rings. The fourth-order valence-electron chi connectivity index (χ4n) is 2.05. The van der Waals surface area contributed by atoms with Crippen molar-refractivity contribution < 1.29 is 4.39 Å². The van der Waals surface area contributed by atoms with Crippen LogP contribution >= 0.6 is 0 Å². The van der Waals surface area contributed by atoms with Gasteiger partial charge < -0.3 is 5.32 Å². The van der Waals surface area contributed by atoms with Gasteiger partial charge in [-0.15, -0.1) is 5.10 Å². The van der Waals surface area contributed by atoms with E-state index in [1.165, 1.54) is 6.07 Å². The van der Waals surface area contributed by atoms with E-state index >= 15 is 0 Å². The summed E-state index contributed by atoms with van der Waals surface area (Å²) in [5.41, 5.74) is 2.92. The summed E-state index contributed by atoms with van der Waals surface area (Å²) in [5.74, 6) is -0.213. The highest BCUT2D eigenvalue weighted by Crippen LogP contribution is 2.21. The maximum Gasteiger partial charge on any atom is 0.123 e. The molecule has 0 saturated heterocycles. The van der Waals surface area contributed by atoms with Crippen molar-refractivity contribution in [1.29, 1.82) is 0 Å². The van der Waals surface area contributed by atoms with Gasteiger partial charge in [-0.25, -0.2) is 4.39 Å². The zero-order valence-corrected chi connectivity index (χ0v) is 10.8. The minimum Gasteiger partial charge on any atom is -0.313 e. The minimum atomic E-state index is -0.213. The van der Waals surface area contributed by atoms with Gasteiger partial charge in [-0.2, -0.15) is 0 Å². The third-order valence-electron chi connectivity index (χ3n) is 3.03. The SMILES string of the molecule is CNC(Cc1cn(C)nn1)c1cc(F)ccc1C. The van der Waals surface area contributed by atoms with Crippen molar-refractivity contribution in [1.82, 2.24) is 20.3 Å². The molecule has 0 bridgehead atoms. The molecule has 0 aliphatic heterocycles. The standard InChI is InChI=1S/C13H17FN4/c1-9-4-5-10(14)6-12(9)13(15-2)7-11-8-18(3)17-16-11/h4-6,8,13,15H,7H2,1-3H3. The summed E-state index contributed by atoms with van der Waals surface area (Å²) < 4.78 is 15.0. The number of hydrogen-bond acceptors (Lipinski definition) is 3. The fraction of sp³-hybridized carbons (Fsp3) is 0.385. The molecule has 18 heavy (non-hydrogen) atoms. The zero-order valence-electron chi connectivity index (χ0n) is 10.8. The number of aryl methyl sites for hydroxylation is 2. The third-order valence-corrected chi connectivity index (χ3v) is 3.03. The Bertz CT molecular complexity index is 536. The van der Waals surface area contributed by atoms with Gasteiger partial charge >= 0.3 is 0 Å². The van der Waals surface area contributed by atoms with Crippen LogP contribution in [0.15, 0.2) is 24.4 Å². The lowest BCUT2D eigenvalue weighted by atomic mass is 9.97. The number of halogens is 1. The van der Waals surface area contributed by atoms with E-state index in [1.807, 2.05) is 27.2 Å². The number of rotatable bonds is 4. The first kappa shape index (κ1) is 12.7. The average Bonchev–Trinajstić information content (AvgIpc) is 2.75. The molecule has 0 aliphatic rings. The quantitative estimate of drug-likeness (QED) is 0.896. The highest BCUT2D eigenvalue weighted by Gasteiger charge is 2.15. The van der Waals surface area contributed by atoms with Crippen molar-refractivity contribution in [2.24, 2.45) is 7.05 Å². The van der Waals surface area contributed by atoms with E-state index in [2.05, 4.69) is 15.6 Å². The average molecular weight is 248 g/mol. The van der Waals surface area contributed by atoms with Gasteiger partial charge in [-0.1, -0.05) is 11.3 Å². The summed E-state index contributed by atoms with van der Waals surface area (Å²) in [7, 11) is 3.70. The molecule has 1 atom stereocenters. The first-order chi connectivity index (χ1) is 8.60. The molecule has 0 radical (unpaired) electrons. The molecule has 2 aromatic rings. The maximum absolute atomic E-state index is 13.3. The Morgan fingerprint density at radius 3 is 2.83 bits per heavy atom.